The number of rotatable bonds is 10. The van der Waals surface area contributed by atoms with Crippen molar-refractivity contribution < 1.29 is 26.2 Å². The number of benzene rings is 7. The Balaban J connectivity index is 0.000000253. The molecule has 0 spiro atoms. The summed E-state index contributed by atoms with van der Waals surface area (Å²) in [4.78, 5) is 16.5. The summed E-state index contributed by atoms with van der Waals surface area (Å²) in [6.45, 7) is 14.4. The Morgan fingerprint density at radius 3 is 1.55 bits per heavy atom. The van der Waals surface area contributed by atoms with Crippen LogP contribution in [-0.2, 0) is 16.5 Å². The van der Waals surface area contributed by atoms with Gasteiger partial charge >= 0.3 is 16.5 Å². The second kappa shape index (κ2) is 22.7. The van der Waals surface area contributed by atoms with E-state index in [0.29, 0.717) is 39.6 Å². The largest absolute Gasteiger partial charge is 2.00 e. The van der Waals surface area contributed by atoms with Crippen LogP contribution in [-0.4, -0.2) is 23.8 Å². The van der Waals surface area contributed by atoms with E-state index in [-0.39, 0.29) is 27.1 Å². The van der Waals surface area contributed by atoms with E-state index >= 15 is 0 Å². The van der Waals surface area contributed by atoms with Gasteiger partial charge in [-0.3, -0.25) is 15.1 Å². The van der Waals surface area contributed by atoms with Crippen LogP contribution in [0.25, 0.3) is 16.1 Å². The minimum absolute atomic E-state index is 0. The molecule has 7 aromatic carbocycles. The van der Waals surface area contributed by atoms with Crippen LogP contribution in [0.2, 0.25) is 0 Å². The number of non-ortho nitro benzene ring substituents is 1. The SMILES string of the molecule is C[N-]c1c(C=Nc2c(C(C)C)cccc2C(C)C)cc([N+](=O)[O-])c2cccc(OC(C)(C)C)c12.[Ni+2].[c-]1ccccc1.c1ccc([PH+](c2ccccc2)c2ccccc2)cc1. The summed E-state index contributed by atoms with van der Waals surface area (Å²) in [5.41, 5.74) is 3.94. The minimum Gasteiger partial charge on any atom is -0.686 e. The van der Waals surface area contributed by atoms with Gasteiger partial charge in [-0.15, -0.1) is 12.7 Å². The molecule has 0 saturated heterocycles. The average Bonchev–Trinajstić information content (AvgIpc) is 3.24. The Hall–Kier alpha value is -5.61. The molecule has 310 valence electrons. The van der Waals surface area contributed by atoms with E-state index in [0.717, 1.165) is 16.8 Å². The van der Waals surface area contributed by atoms with E-state index in [9.17, 15) is 10.1 Å². The number of para-hydroxylation sites is 1. The number of nitro groups is 1. The first-order chi connectivity index (χ1) is 28.4. The molecule has 0 saturated carbocycles. The van der Waals surface area contributed by atoms with Gasteiger partial charge in [0.1, 0.15) is 27.3 Å². The monoisotopic (exact) mass is 858 g/mol. The molecular weight excluding hydrogens is 804 g/mol. The molecule has 0 aliphatic carbocycles. The molecule has 0 radical (unpaired) electrons. The Labute approximate surface area is 368 Å². The smallest absolute Gasteiger partial charge is 0.686 e. The minimum atomic E-state index is -0.877. The standard InChI is InChI=1S/C28H34N3O3.C18H15P.C6H5.Ni/c1-17(2)20-11-9-12-21(18(3)4)27(20)30-16-19-15-23(31(32)33)22-13-10-14-24(34-28(5,6)7)25(22)26(19)29-8;1-4-10-16(11-5-1)19(17-12-6-2-7-13-17)18-14-8-3-9-15-18;1-2-4-6-5-3-1;/h9-18H,1-8H3;1-15H;1-5H;/q-1;;-1;+2/p+1. The Kier molecular flexibility index (Phi) is 17.8. The molecule has 0 aromatic heterocycles. The zero-order valence-corrected chi connectivity index (χ0v) is 37.7. The van der Waals surface area contributed by atoms with E-state index in [2.05, 4.69) is 148 Å². The van der Waals surface area contributed by atoms with Gasteiger partial charge in [0.05, 0.1) is 23.9 Å². The number of fused-ring (bicyclic) bond motifs is 1. The van der Waals surface area contributed by atoms with Crippen molar-refractivity contribution in [2.75, 3.05) is 7.05 Å². The van der Waals surface area contributed by atoms with E-state index in [1.54, 1.807) is 31.5 Å². The number of nitro benzene ring substituents is 1. The van der Waals surface area contributed by atoms with E-state index in [1.807, 2.05) is 57.2 Å². The fraction of sp³-hybridized carbons (Fsp3) is 0.212. The van der Waals surface area contributed by atoms with Gasteiger partial charge in [0.2, 0.25) is 0 Å². The third-order valence-corrected chi connectivity index (χ3v) is 12.1. The molecule has 0 N–H and O–H groups in total. The average molecular weight is 860 g/mol. The first-order valence-corrected chi connectivity index (χ1v) is 21.5. The molecule has 0 unspecified atom stereocenters. The van der Waals surface area contributed by atoms with Crippen molar-refractivity contribution in [3.63, 3.8) is 0 Å². The summed E-state index contributed by atoms with van der Waals surface area (Å²) in [5, 5.41) is 22.0. The normalized spacial score (nSPS) is 11.1. The van der Waals surface area contributed by atoms with Gasteiger partial charge < -0.3 is 10.1 Å². The maximum atomic E-state index is 12.0. The Morgan fingerprint density at radius 2 is 1.17 bits per heavy atom. The first-order valence-electron chi connectivity index (χ1n) is 20.0. The second-order valence-electron chi connectivity index (χ2n) is 15.6. The van der Waals surface area contributed by atoms with Crippen molar-refractivity contribution in [1.82, 2.24) is 0 Å². The summed E-state index contributed by atoms with van der Waals surface area (Å²) in [6.07, 6.45) is 1.70. The molecular formula is C52H55N3NiO3P+. The van der Waals surface area contributed by atoms with Gasteiger partial charge in [-0.2, -0.15) is 36.4 Å². The van der Waals surface area contributed by atoms with Crippen molar-refractivity contribution in [1.29, 1.82) is 0 Å². The molecule has 0 aliphatic heterocycles. The molecule has 0 bridgehead atoms. The van der Waals surface area contributed by atoms with E-state index in [4.69, 9.17) is 9.73 Å². The number of hydrogen-bond acceptors (Lipinski definition) is 4. The van der Waals surface area contributed by atoms with Crippen LogP contribution in [0.1, 0.15) is 77.0 Å². The van der Waals surface area contributed by atoms with Crippen molar-refractivity contribution in [3.05, 3.63) is 202 Å². The van der Waals surface area contributed by atoms with Crippen LogP contribution in [0.4, 0.5) is 17.1 Å². The van der Waals surface area contributed by atoms with E-state index < -0.39 is 13.5 Å². The first kappa shape index (κ1) is 47.1. The molecule has 0 aliphatic rings. The zero-order valence-electron chi connectivity index (χ0n) is 35.7. The van der Waals surface area contributed by atoms with Crippen LogP contribution >= 0.6 is 7.92 Å². The number of nitrogens with zero attached hydrogens (tertiary/aromatic N) is 3. The number of ether oxygens (including phenoxy) is 1. The Bertz CT molecular complexity index is 2270. The van der Waals surface area contributed by atoms with Crippen LogP contribution in [0.15, 0.2) is 169 Å². The molecule has 7 rings (SSSR count). The van der Waals surface area contributed by atoms with Crippen molar-refractivity contribution >= 4 is 57.9 Å². The fourth-order valence-electron chi connectivity index (χ4n) is 6.78. The third-order valence-electron chi connectivity index (χ3n) is 9.41. The van der Waals surface area contributed by atoms with Crippen LogP contribution in [0.3, 0.4) is 0 Å². The summed E-state index contributed by atoms with van der Waals surface area (Å²) >= 11 is 0. The second-order valence-corrected chi connectivity index (χ2v) is 18.1. The van der Waals surface area contributed by atoms with Gasteiger partial charge in [-0.05, 0) is 97.8 Å². The summed E-state index contributed by atoms with van der Waals surface area (Å²) in [6, 6.07) is 58.1. The van der Waals surface area contributed by atoms with Gasteiger partial charge in [0.15, 0.2) is 0 Å². The molecule has 60 heavy (non-hydrogen) atoms. The molecule has 0 amide bonds. The Morgan fingerprint density at radius 1 is 0.700 bits per heavy atom. The molecule has 0 heterocycles. The van der Waals surface area contributed by atoms with Gasteiger partial charge in [0, 0.05) is 17.7 Å². The summed E-state index contributed by atoms with van der Waals surface area (Å²) in [7, 11) is 0.811. The van der Waals surface area contributed by atoms with Crippen LogP contribution in [0, 0.1) is 16.2 Å². The van der Waals surface area contributed by atoms with Crippen LogP contribution < -0.4 is 20.7 Å². The summed E-state index contributed by atoms with van der Waals surface area (Å²) in [5.74, 6) is 1.15. The predicted octanol–water partition coefficient (Wildman–Crippen LogP) is 13.2. The van der Waals surface area contributed by atoms with Crippen molar-refractivity contribution in [2.24, 2.45) is 4.99 Å². The molecule has 8 heteroatoms. The van der Waals surface area contributed by atoms with Gasteiger partial charge in [-0.1, -0.05) is 107 Å². The predicted molar refractivity (Wildman–Crippen MR) is 254 cm³/mol. The van der Waals surface area contributed by atoms with E-state index in [1.165, 1.54) is 15.9 Å². The molecule has 6 nitrogen and oxygen atoms in total. The number of hydrogen-bond donors (Lipinski definition) is 0. The topological polar surface area (TPSA) is 78.8 Å². The van der Waals surface area contributed by atoms with Crippen LogP contribution in [0.5, 0.6) is 5.75 Å². The van der Waals surface area contributed by atoms with Crippen molar-refractivity contribution in [3.8, 4) is 5.75 Å². The maximum Gasteiger partial charge on any atom is 2.00 e. The third kappa shape index (κ3) is 12.7. The maximum absolute atomic E-state index is 12.0. The molecule has 7 aromatic rings. The van der Waals surface area contributed by atoms with Gasteiger partial charge in [0.25, 0.3) is 5.69 Å². The quantitative estimate of drug-likeness (QED) is 0.0343. The van der Waals surface area contributed by atoms with Gasteiger partial charge in [-0.25, -0.2) is 0 Å². The fourth-order valence-corrected chi connectivity index (χ4v) is 9.36. The molecule has 0 atom stereocenters. The summed E-state index contributed by atoms with van der Waals surface area (Å²) < 4.78 is 6.18. The molecule has 0 fully saturated rings. The van der Waals surface area contributed by atoms with Crippen molar-refractivity contribution in [2.45, 2.75) is 65.9 Å². The number of aliphatic imine (C=N–C) groups is 1. The zero-order chi connectivity index (χ0) is 42.4.